The van der Waals surface area contributed by atoms with Crippen molar-refractivity contribution in [1.82, 2.24) is 19.6 Å². The van der Waals surface area contributed by atoms with Crippen LogP contribution in [0.2, 0.25) is 0 Å². The molecule has 78 valence electrons. The molecule has 0 bridgehead atoms. The summed E-state index contributed by atoms with van der Waals surface area (Å²) in [6, 6.07) is 1.86. The van der Waals surface area contributed by atoms with Crippen molar-refractivity contribution in [2.45, 2.75) is 22.8 Å². The van der Waals surface area contributed by atoms with Gasteiger partial charge in [0.05, 0.1) is 0 Å². The fraction of sp³-hybridized carbons (Fsp3) is 0.250. The lowest BCUT2D eigenvalue weighted by atomic mass is 10.3. The average Bonchev–Trinajstić information content (AvgIpc) is 2.65. The van der Waals surface area contributed by atoms with E-state index in [1.54, 1.807) is 6.20 Å². The molecule has 0 atom stereocenters. The summed E-state index contributed by atoms with van der Waals surface area (Å²) in [6.45, 7) is 2.32. The lowest BCUT2D eigenvalue weighted by molar-refractivity contribution is 0.866. The Hall–Kier alpha value is -1.05. The van der Waals surface area contributed by atoms with E-state index in [1.807, 2.05) is 13.0 Å². The normalized spacial score (nSPS) is 10.5. The molecule has 7 heteroatoms. The van der Waals surface area contributed by atoms with Crippen LogP contribution in [-0.4, -0.2) is 19.6 Å². The van der Waals surface area contributed by atoms with E-state index < -0.39 is 0 Å². The molecule has 15 heavy (non-hydrogen) atoms. The van der Waals surface area contributed by atoms with Crippen molar-refractivity contribution in [3.8, 4) is 0 Å². The third-order valence-corrected chi connectivity index (χ3v) is 3.56. The second kappa shape index (κ2) is 4.65. The Labute approximate surface area is 95.3 Å². The van der Waals surface area contributed by atoms with Crippen LogP contribution in [0.25, 0.3) is 0 Å². The van der Waals surface area contributed by atoms with Gasteiger partial charge < -0.3 is 5.73 Å². The second-order valence-corrected chi connectivity index (χ2v) is 4.76. The maximum absolute atomic E-state index is 5.60. The zero-order chi connectivity index (χ0) is 10.7. The molecule has 0 radical (unpaired) electrons. The number of nitrogens with two attached hydrogens (primary N) is 1. The molecular weight excluding hydrogens is 230 g/mol. The Kier molecular flexibility index (Phi) is 3.24. The van der Waals surface area contributed by atoms with E-state index >= 15 is 0 Å². The van der Waals surface area contributed by atoms with Crippen LogP contribution >= 0.6 is 23.3 Å². The molecule has 2 rings (SSSR count). The van der Waals surface area contributed by atoms with Crippen LogP contribution in [0.15, 0.2) is 21.6 Å². The van der Waals surface area contributed by atoms with E-state index in [0.29, 0.717) is 6.54 Å². The van der Waals surface area contributed by atoms with E-state index in [1.165, 1.54) is 23.3 Å². The number of hydrogen-bond acceptors (Lipinski definition) is 7. The third-order valence-electron chi connectivity index (χ3n) is 1.68. The molecular formula is C8H9N5S2. The summed E-state index contributed by atoms with van der Waals surface area (Å²) in [5.74, 6) is 0.778. The van der Waals surface area contributed by atoms with E-state index in [9.17, 15) is 0 Å². The minimum atomic E-state index is 0.454. The fourth-order valence-corrected chi connectivity index (χ4v) is 2.62. The molecule has 0 amide bonds. The summed E-state index contributed by atoms with van der Waals surface area (Å²) in [6.07, 6.45) is 1.64. The second-order valence-electron chi connectivity index (χ2n) is 2.78. The predicted molar refractivity (Wildman–Crippen MR) is 58.7 cm³/mol. The molecule has 2 aromatic heterocycles. The van der Waals surface area contributed by atoms with Crippen LogP contribution in [0.4, 0.5) is 0 Å². The van der Waals surface area contributed by atoms with Gasteiger partial charge >= 0.3 is 0 Å². The Morgan fingerprint density at radius 1 is 1.53 bits per heavy atom. The number of nitrogens with zero attached hydrogens (tertiary/aromatic N) is 4. The standard InChI is InChI=1S/C8H9N5S2/c1-5-11-8(15-13-5)14-7-6(4-9)2-3-10-12-7/h2-3H,4,9H2,1H3. The van der Waals surface area contributed by atoms with Crippen molar-refractivity contribution >= 4 is 23.3 Å². The highest BCUT2D eigenvalue weighted by atomic mass is 32.2. The van der Waals surface area contributed by atoms with Crippen LogP contribution < -0.4 is 5.73 Å². The molecule has 2 heterocycles. The average molecular weight is 239 g/mol. The van der Waals surface area contributed by atoms with E-state index in [4.69, 9.17) is 5.73 Å². The maximum Gasteiger partial charge on any atom is 0.176 e. The van der Waals surface area contributed by atoms with Crippen LogP contribution in [0.1, 0.15) is 11.4 Å². The summed E-state index contributed by atoms with van der Waals surface area (Å²) in [4.78, 5) is 4.24. The Morgan fingerprint density at radius 2 is 2.40 bits per heavy atom. The van der Waals surface area contributed by atoms with Crippen molar-refractivity contribution in [3.05, 3.63) is 23.7 Å². The lowest BCUT2D eigenvalue weighted by Crippen LogP contribution is -2.00. The summed E-state index contributed by atoms with van der Waals surface area (Å²) < 4.78 is 4.96. The number of aromatic nitrogens is 4. The fourth-order valence-electron chi connectivity index (χ4n) is 0.988. The summed E-state index contributed by atoms with van der Waals surface area (Å²) >= 11 is 2.81. The topological polar surface area (TPSA) is 77.6 Å². The molecule has 0 fully saturated rings. The quantitative estimate of drug-likeness (QED) is 0.868. The summed E-state index contributed by atoms with van der Waals surface area (Å²) in [5, 5.41) is 8.65. The molecule has 2 N–H and O–H groups in total. The van der Waals surface area contributed by atoms with Gasteiger partial charge in [-0.15, -0.1) is 5.10 Å². The zero-order valence-electron chi connectivity index (χ0n) is 8.04. The highest BCUT2D eigenvalue weighted by Gasteiger charge is 2.08. The van der Waals surface area contributed by atoms with Gasteiger partial charge in [0.15, 0.2) is 4.34 Å². The van der Waals surface area contributed by atoms with Crippen LogP contribution in [-0.2, 0) is 6.54 Å². The Balaban J connectivity index is 2.23. The van der Waals surface area contributed by atoms with Gasteiger partial charge in [-0.3, -0.25) is 0 Å². The number of aryl methyl sites for hydroxylation is 1. The predicted octanol–water partition coefficient (Wildman–Crippen LogP) is 1.25. The van der Waals surface area contributed by atoms with E-state index in [0.717, 1.165) is 20.8 Å². The number of rotatable bonds is 3. The molecule has 0 aliphatic carbocycles. The SMILES string of the molecule is Cc1nsc(Sc2nnccc2CN)n1. The molecule has 0 aromatic carbocycles. The van der Waals surface area contributed by atoms with Gasteiger partial charge in [-0.25, -0.2) is 4.98 Å². The number of hydrogen-bond donors (Lipinski definition) is 1. The van der Waals surface area contributed by atoms with Crippen LogP contribution in [0, 0.1) is 6.92 Å². The molecule has 2 aromatic rings. The molecule has 0 aliphatic rings. The van der Waals surface area contributed by atoms with Gasteiger partial charge in [-0.2, -0.15) is 9.47 Å². The first kappa shape index (κ1) is 10.5. The van der Waals surface area contributed by atoms with Crippen LogP contribution in [0.5, 0.6) is 0 Å². The van der Waals surface area contributed by atoms with Crippen molar-refractivity contribution < 1.29 is 0 Å². The van der Waals surface area contributed by atoms with E-state index in [-0.39, 0.29) is 0 Å². The summed E-state index contributed by atoms with van der Waals surface area (Å²) in [5.41, 5.74) is 6.57. The largest absolute Gasteiger partial charge is 0.326 e. The molecule has 0 saturated carbocycles. The van der Waals surface area contributed by atoms with Crippen molar-refractivity contribution in [1.29, 1.82) is 0 Å². The Bertz CT molecular complexity index is 456. The molecule has 0 aliphatic heterocycles. The molecule has 0 saturated heterocycles. The maximum atomic E-state index is 5.60. The van der Waals surface area contributed by atoms with Gasteiger partial charge in [0.2, 0.25) is 0 Å². The van der Waals surface area contributed by atoms with Gasteiger partial charge in [-0.1, -0.05) is 0 Å². The molecule has 5 nitrogen and oxygen atoms in total. The third kappa shape index (κ3) is 2.49. The monoisotopic (exact) mass is 239 g/mol. The van der Waals surface area contributed by atoms with E-state index in [2.05, 4.69) is 19.6 Å². The first-order chi connectivity index (χ1) is 7.29. The zero-order valence-corrected chi connectivity index (χ0v) is 9.68. The van der Waals surface area contributed by atoms with Gasteiger partial charge in [0.1, 0.15) is 10.9 Å². The van der Waals surface area contributed by atoms with Gasteiger partial charge in [0.25, 0.3) is 0 Å². The highest BCUT2D eigenvalue weighted by molar-refractivity contribution is 8.00. The van der Waals surface area contributed by atoms with Gasteiger partial charge in [-0.05, 0) is 36.3 Å². The van der Waals surface area contributed by atoms with Crippen molar-refractivity contribution in [3.63, 3.8) is 0 Å². The van der Waals surface area contributed by atoms with Crippen molar-refractivity contribution in [2.24, 2.45) is 5.73 Å². The highest BCUT2D eigenvalue weighted by Crippen LogP contribution is 2.28. The first-order valence-corrected chi connectivity index (χ1v) is 5.87. The Morgan fingerprint density at radius 3 is 3.07 bits per heavy atom. The first-order valence-electron chi connectivity index (χ1n) is 4.28. The minimum absolute atomic E-state index is 0.454. The smallest absolute Gasteiger partial charge is 0.176 e. The lowest BCUT2D eigenvalue weighted by Gasteiger charge is -2.01. The van der Waals surface area contributed by atoms with Crippen molar-refractivity contribution in [2.75, 3.05) is 0 Å². The molecule has 0 spiro atoms. The summed E-state index contributed by atoms with van der Waals surface area (Å²) in [7, 11) is 0. The minimum Gasteiger partial charge on any atom is -0.326 e. The molecule has 0 unspecified atom stereocenters. The van der Waals surface area contributed by atoms with Crippen LogP contribution in [0.3, 0.4) is 0 Å². The van der Waals surface area contributed by atoms with Gasteiger partial charge in [0, 0.05) is 18.3 Å².